The predicted octanol–water partition coefficient (Wildman–Crippen LogP) is 3.01. The second-order valence-corrected chi connectivity index (χ2v) is 3.80. The SMILES string of the molecule is CCC(c1ccc(C)cc1)N(C)C. The molecule has 0 spiro atoms. The Bertz CT molecular complexity index is 248. The van der Waals surface area contributed by atoms with E-state index in [1.165, 1.54) is 11.1 Å². The first kappa shape index (κ1) is 10.3. The third-order valence-corrected chi connectivity index (χ3v) is 2.47. The molecule has 0 aromatic heterocycles. The molecule has 0 N–H and O–H groups in total. The van der Waals surface area contributed by atoms with E-state index in [-0.39, 0.29) is 0 Å². The van der Waals surface area contributed by atoms with Crippen LogP contribution in [0.1, 0.15) is 30.5 Å². The zero-order chi connectivity index (χ0) is 9.84. The first-order valence-electron chi connectivity index (χ1n) is 4.88. The van der Waals surface area contributed by atoms with Crippen molar-refractivity contribution in [2.75, 3.05) is 14.1 Å². The highest BCUT2D eigenvalue weighted by Gasteiger charge is 2.10. The Balaban J connectivity index is 2.86. The van der Waals surface area contributed by atoms with Crippen molar-refractivity contribution in [3.63, 3.8) is 0 Å². The molecule has 1 aromatic carbocycles. The zero-order valence-electron chi connectivity index (χ0n) is 9.04. The summed E-state index contributed by atoms with van der Waals surface area (Å²) < 4.78 is 0. The van der Waals surface area contributed by atoms with E-state index < -0.39 is 0 Å². The van der Waals surface area contributed by atoms with Gasteiger partial charge < -0.3 is 4.90 Å². The van der Waals surface area contributed by atoms with Gasteiger partial charge in [-0.1, -0.05) is 36.8 Å². The third kappa shape index (κ3) is 2.56. The van der Waals surface area contributed by atoms with Crippen LogP contribution in [0.3, 0.4) is 0 Å². The fraction of sp³-hybridized carbons (Fsp3) is 0.500. The van der Waals surface area contributed by atoms with E-state index in [1.807, 2.05) is 0 Å². The van der Waals surface area contributed by atoms with Gasteiger partial charge in [0, 0.05) is 6.04 Å². The molecule has 1 atom stereocenters. The Morgan fingerprint density at radius 3 is 2.08 bits per heavy atom. The van der Waals surface area contributed by atoms with Crippen LogP contribution in [0.5, 0.6) is 0 Å². The lowest BCUT2D eigenvalue weighted by atomic mass is 10.0. The quantitative estimate of drug-likeness (QED) is 0.686. The Hall–Kier alpha value is -0.820. The lowest BCUT2D eigenvalue weighted by Gasteiger charge is -2.23. The Morgan fingerprint density at radius 1 is 1.15 bits per heavy atom. The van der Waals surface area contributed by atoms with Gasteiger partial charge >= 0.3 is 0 Å². The standard InChI is InChI=1S/C12H19N/c1-5-12(13(3)4)11-8-6-10(2)7-9-11/h6-9,12H,5H2,1-4H3. The Morgan fingerprint density at radius 2 is 1.69 bits per heavy atom. The summed E-state index contributed by atoms with van der Waals surface area (Å²) in [5.41, 5.74) is 2.75. The highest BCUT2D eigenvalue weighted by molar-refractivity contribution is 5.23. The van der Waals surface area contributed by atoms with Crippen molar-refractivity contribution in [2.45, 2.75) is 26.3 Å². The lowest BCUT2D eigenvalue weighted by Crippen LogP contribution is -2.18. The fourth-order valence-electron chi connectivity index (χ4n) is 1.69. The third-order valence-electron chi connectivity index (χ3n) is 2.47. The average molecular weight is 177 g/mol. The van der Waals surface area contributed by atoms with Crippen LogP contribution in [0.2, 0.25) is 0 Å². The van der Waals surface area contributed by atoms with Crippen LogP contribution in [-0.2, 0) is 0 Å². The van der Waals surface area contributed by atoms with Gasteiger partial charge in [-0.05, 0) is 33.0 Å². The molecule has 72 valence electrons. The van der Waals surface area contributed by atoms with Gasteiger partial charge in [-0.25, -0.2) is 0 Å². The molecule has 0 heterocycles. The molecule has 0 radical (unpaired) electrons. The first-order valence-corrected chi connectivity index (χ1v) is 4.88. The van der Waals surface area contributed by atoms with Crippen LogP contribution in [-0.4, -0.2) is 19.0 Å². The normalized spacial score (nSPS) is 13.3. The summed E-state index contributed by atoms with van der Waals surface area (Å²) in [6.07, 6.45) is 1.16. The maximum atomic E-state index is 2.27. The molecular weight excluding hydrogens is 158 g/mol. The molecule has 0 amide bonds. The van der Waals surface area contributed by atoms with E-state index in [2.05, 4.69) is 57.1 Å². The van der Waals surface area contributed by atoms with E-state index >= 15 is 0 Å². The number of hydrogen-bond acceptors (Lipinski definition) is 1. The molecule has 1 rings (SSSR count). The van der Waals surface area contributed by atoms with Crippen molar-refractivity contribution in [1.82, 2.24) is 4.90 Å². The van der Waals surface area contributed by atoms with Crippen LogP contribution in [0.15, 0.2) is 24.3 Å². The second kappa shape index (κ2) is 4.43. The number of benzene rings is 1. The highest BCUT2D eigenvalue weighted by atomic mass is 15.1. The summed E-state index contributed by atoms with van der Waals surface area (Å²) >= 11 is 0. The lowest BCUT2D eigenvalue weighted by molar-refractivity contribution is 0.292. The summed E-state index contributed by atoms with van der Waals surface area (Å²) in [4.78, 5) is 2.27. The molecule has 13 heavy (non-hydrogen) atoms. The van der Waals surface area contributed by atoms with Gasteiger partial charge in [0.15, 0.2) is 0 Å². The van der Waals surface area contributed by atoms with Crippen molar-refractivity contribution >= 4 is 0 Å². The average Bonchev–Trinajstić information content (AvgIpc) is 2.09. The van der Waals surface area contributed by atoms with Gasteiger partial charge in [-0.3, -0.25) is 0 Å². The minimum absolute atomic E-state index is 0.556. The number of hydrogen-bond donors (Lipinski definition) is 0. The van der Waals surface area contributed by atoms with Crippen molar-refractivity contribution in [3.8, 4) is 0 Å². The van der Waals surface area contributed by atoms with Gasteiger partial charge in [-0.2, -0.15) is 0 Å². The zero-order valence-corrected chi connectivity index (χ0v) is 9.04. The van der Waals surface area contributed by atoms with E-state index in [1.54, 1.807) is 0 Å². The number of rotatable bonds is 3. The summed E-state index contributed by atoms with van der Waals surface area (Å²) in [6.45, 7) is 4.35. The van der Waals surface area contributed by atoms with Gasteiger partial charge in [-0.15, -0.1) is 0 Å². The van der Waals surface area contributed by atoms with E-state index in [9.17, 15) is 0 Å². The molecular formula is C12H19N. The van der Waals surface area contributed by atoms with E-state index in [0.29, 0.717) is 6.04 Å². The van der Waals surface area contributed by atoms with Crippen molar-refractivity contribution < 1.29 is 0 Å². The van der Waals surface area contributed by atoms with Crippen LogP contribution < -0.4 is 0 Å². The van der Waals surface area contributed by atoms with Gasteiger partial charge in [0.25, 0.3) is 0 Å². The van der Waals surface area contributed by atoms with E-state index in [0.717, 1.165) is 6.42 Å². The van der Waals surface area contributed by atoms with Crippen molar-refractivity contribution in [1.29, 1.82) is 0 Å². The van der Waals surface area contributed by atoms with Crippen LogP contribution in [0.4, 0.5) is 0 Å². The summed E-state index contributed by atoms with van der Waals surface area (Å²) in [6, 6.07) is 9.37. The van der Waals surface area contributed by atoms with Gasteiger partial charge in [0.2, 0.25) is 0 Å². The van der Waals surface area contributed by atoms with Crippen molar-refractivity contribution in [3.05, 3.63) is 35.4 Å². The molecule has 0 aliphatic heterocycles. The predicted molar refractivity (Wildman–Crippen MR) is 57.9 cm³/mol. The van der Waals surface area contributed by atoms with Crippen LogP contribution >= 0.6 is 0 Å². The molecule has 0 bridgehead atoms. The Kier molecular flexibility index (Phi) is 3.49. The van der Waals surface area contributed by atoms with Crippen LogP contribution in [0, 0.1) is 6.92 Å². The van der Waals surface area contributed by atoms with E-state index in [4.69, 9.17) is 0 Å². The maximum Gasteiger partial charge on any atom is 0.0339 e. The summed E-state index contributed by atoms with van der Waals surface area (Å²) in [7, 11) is 4.27. The molecule has 1 nitrogen and oxygen atoms in total. The smallest absolute Gasteiger partial charge is 0.0339 e. The minimum atomic E-state index is 0.556. The molecule has 0 saturated heterocycles. The molecule has 1 heteroatoms. The molecule has 0 fully saturated rings. The molecule has 1 aromatic rings. The number of aryl methyl sites for hydroxylation is 1. The molecule has 0 aliphatic carbocycles. The van der Waals surface area contributed by atoms with Crippen LogP contribution in [0.25, 0.3) is 0 Å². The summed E-state index contributed by atoms with van der Waals surface area (Å²) in [5.74, 6) is 0. The molecule has 0 aliphatic rings. The highest BCUT2D eigenvalue weighted by Crippen LogP contribution is 2.21. The maximum absolute atomic E-state index is 2.27. The van der Waals surface area contributed by atoms with Gasteiger partial charge in [0.05, 0.1) is 0 Å². The molecule has 1 unspecified atom stereocenters. The summed E-state index contributed by atoms with van der Waals surface area (Å²) in [5, 5.41) is 0. The first-order chi connectivity index (χ1) is 6.15. The van der Waals surface area contributed by atoms with Gasteiger partial charge in [0.1, 0.15) is 0 Å². The largest absolute Gasteiger partial charge is 0.302 e. The monoisotopic (exact) mass is 177 g/mol. The Labute approximate surface area is 81.4 Å². The second-order valence-electron chi connectivity index (χ2n) is 3.80. The fourth-order valence-corrected chi connectivity index (χ4v) is 1.69. The minimum Gasteiger partial charge on any atom is -0.302 e. The topological polar surface area (TPSA) is 3.24 Å². The van der Waals surface area contributed by atoms with Crippen molar-refractivity contribution in [2.24, 2.45) is 0 Å². The number of nitrogens with zero attached hydrogens (tertiary/aromatic N) is 1. The molecule has 0 saturated carbocycles.